The smallest absolute Gasteiger partial charge is 0.152 e. The monoisotopic (exact) mass is 295 g/mol. The standard InChI is InChI=1S/C13H21N5OS/c1-7(19)5-18(4)6-10-15-12(17-14)11-8(2)9(3)20-13(11)16-10/h7,19H,5-6,14H2,1-4H3,(H,15,16,17). The van der Waals surface area contributed by atoms with Crippen LogP contribution < -0.4 is 11.3 Å². The molecule has 0 amide bonds. The molecule has 4 N–H and O–H groups in total. The van der Waals surface area contributed by atoms with Gasteiger partial charge in [0.2, 0.25) is 0 Å². The molecule has 0 aliphatic rings. The normalized spacial score (nSPS) is 13.2. The van der Waals surface area contributed by atoms with Crippen molar-refractivity contribution in [2.45, 2.75) is 33.4 Å². The Bertz CT molecular complexity index is 610. The van der Waals surface area contributed by atoms with E-state index >= 15 is 0 Å². The van der Waals surface area contributed by atoms with E-state index in [9.17, 15) is 5.11 Å². The van der Waals surface area contributed by atoms with Gasteiger partial charge in [-0.05, 0) is 33.4 Å². The molecule has 0 spiro atoms. The molecular formula is C13H21N5OS. The van der Waals surface area contributed by atoms with Gasteiger partial charge in [0.25, 0.3) is 0 Å². The van der Waals surface area contributed by atoms with Crippen molar-refractivity contribution in [3.8, 4) is 0 Å². The number of nitrogens with two attached hydrogens (primary N) is 1. The maximum atomic E-state index is 9.40. The van der Waals surface area contributed by atoms with Gasteiger partial charge in [0.1, 0.15) is 10.7 Å². The second-order valence-corrected chi connectivity index (χ2v) is 6.35. The van der Waals surface area contributed by atoms with Gasteiger partial charge in [-0.25, -0.2) is 15.8 Å². The number of thiophene rings is 1. The number of aromatic nitrogens is 2. The first-order valence-electron chi connectivity index (χ1n) is 6.52. The molecule has 0 aromatic carbocycles. The SMILES string of the molecule is Cc1sc2nc(CN(C)CC(C)O)nc(NN)c2c1C. The van der Waals surface area contributed by atoms with Crippen LogP contribution in [0.2, 0.25) is 0 Å². The van der Waals surface area contributed by atoms with E-state index in [0.717, 1.165) is 10.2 Å². The summed E-state index contributed by atoms with van der Waals surface area (Å²) in [7, 11) is 1.93. The highest BCUT2D eigenvalue weighted by atomic mass is 32.1. The Hall–Kier alpha value is -1.28. The molecule has 0 aliphatic heterocycles. The van der Waals surface area contributed by atoms with Crippen LogP contribution >= 0.6 is 11.3 Å². The predicted octanol–water partition coefficient (Wildman–Crippen LogP) is 1.41. The first-order valence-corrected chi connectivity index (χ1v) is 7.33. The van der Waals surface area contributed by atoms with Crippen LogP contribution in [0.4, 0.5) is 5.82 Å². The first-order chi connectivity index (χ1) is 9.42. The minimum Gasteiger partial charge on any atom is -0.392 e. The Morgan fingerprint density at radius 2 is 2.10 bits per heavy atom. The van der Waals surface area contributed by atoms with Crippen LogP contribution in [0.1, 0.15) is 23.2 Å². The van der Waals surface area contributed by atoms with E-state index in [1.54, 1.807) is 18.3 Å². The highest BCUT2D eigenvalue weighted by Crippen LogP contribution is 2.32. The highest BCUT2D eigenvalue weighted by Gasteiger charge is 2.15. The number of hydrazine groups is 1. The van der Waals surface area contributed by atoms with Crippen LogP contribution in [0.15, 0.2) is 0 Å². The number of fused-ring (bicyclic) bond motifs is 1. The zero-order valence-electron chi connectivity index (χ0n) is 12.3. The minimum atomic E-state index is -0.373. The fourth-order valence-electron chi connectivity index (χ4n) is 2.23. The molecule has 7 heteroatoms. The third kappa shape index (κ3) is 3.06. The summed E-state index contributed by atoms with van der Waals surface area (Å²) in [5.74, 6) is 6.95. The van der Waals surface area contributed by atoms with Gasteiger partial charge in [-0.3, -0.25) is 4.90 Å². The number of aliphatic hydroxyl groups excluding tert-OH is 1. The number of nitrogens with zero attached hydrogens (tertiary/aromatic N) is 3. The summed E-state index contributed by atoms with van der Waals surface area (Å²) in [6.45, 7) is 7.04. The average molecular weight is 295 g/mol. The number of nitrogen functional groups attached to an aromatic ring is 1. The molecule has 110 valence electrons. The lowest BCUT2D eigenvalue weighted by Gasteiger charge is -2.17. The molecule has 1 atom stereocenters. The van der Waals surface area contributed by atoms with Crippen molar-refractivity contribution in [2.24, 2.45) is 5.84 Å². The van der Waals surface area contributed by atoms with E-state index in [1.165, 1.54) is 10.4 Å². The summed E-state index contributed by atoms with van der Waals surface area (Å²) in [5.41, 5.74) is 3.83. The molecular weight excluding hydrogens is 274 g/mol. The second-order valence-electron chi connectivity index (χ2n) is 5.14. The summed E-state index contributed by atoms with van der Waals surface area (Å²) >= 11 is 1.65. The number of hydrogen-bond acceptors (Lipinski definition) is 7. The second kappa shape index (κ2) is 6.01. The molecule has 6 nitrogen and oxygen atoms in total. The number of hydrogen-bond donors (Lipinski definition) is 3. The lowest BCUT2D eigenvalue weighted by Crippen LogP contribution is -2.27. The molecule has 1 unspecified atom stereocenters. The van der Waals surface area contributed by atoms with Crippen molar-refractivity contribution < 1.29 is 5.11 Å². The van der Waals surface area contributed by atoms with Gasteiger partial charge in [0.05, 0.1) is 18.0 Å². The molecule has 20 heavy (non-hydrogen) atoms. The van der Waals surface area contributed by atoms with Crippen molar-refractivity contribution in [1.29, 1.82) is 0 Å². The molecule has 2 heterocycles. The fourth-order valence-corrected chi connectivity index (χ4v) is 3.27. The van der Waals surface area contributed by atoms with Crippen molar-refractivity contribution in [3.05, 3.63) is 16.3 Å². The number of aryl methyl sites for hydroxylation is 2. The van der Waals surface area contributed by atoms with E-state index in [2.05, 4.69) is 29.2 Å². The van der Waals surface area contributed by atoms with Crippen LogP contribution in [0.25, 0.3) is 10.2 Å². The average Bonchev–Trinajstić information content (AvgIpc) is 2.63. The number of nitrogens with one attached hydrogen (secondary N) is 1. The van der Waals surface area contributed by atoms with Crippen LogP contribution in [0, 0.1) is 13.8 Å². The Morgan fingerprint density at radius 3 is 2.70 bits per heavy atom. The molecule has 0 saturated carbocycles. The molecule has 0 aliphatic carbocycles. The lowest BCUT2D eigenvalue weighted by atomic mass is 10.2. The van der Waals surface area contributed by atoms with E-state index in [4.69, 9.17) is 5.84 Å². The van der Waals surface area contributed by atoms with Crippen LogP contribution in [-0.4, -0.2) is 39.7 Å². The van der Waals surface area contributed by atoms with Crippen LogP contribution in [-0.2, 0) is 6.54 Å². The third-order valence-electron chi connectivity index (χ3n) is 3.20. The van der Waals surface area contributed by atoms with E-state index < -0.39 is 0 Å². The van der Waals surface area contributed by atoms with Gasteiger partial charge >= 0.3 is 0 Å². The number of rotatable bonds is 5. The summed E-state index contributed by atoms with van der Waals surface area (Å²) in [5, 5.41) is 10.4. The Kier molecular flexibility index (Phi) is 4.54. The van der Waals surface area contributed by atoms with E-state index in [1.807, 2.05) is 11.9 Å². The van der Waals surface area contributed by atoms with Gasteiger partial charge in [-0.1, -0.05) is 0 Å². The molecule has 0 bridgehead atoms. The molecule has 0 fully saturated rings. The highest BCUT2D eigenvalue weighted by molar-refractivity contribution is 7.18. The molecule has 0 radical (unpaired) electrons. The van der Waals surface area contributed by atoms with Crippen molar-refractivity contribution in [3.63, 3.8) is 0 Å². The quantitative estimate of drug-likeness (QED) is 0.571. The topological polar surface area (TPSA) is 87.3 Å². The summed E-state index contributed by atoms with van der Waals surface area (Å²) < 4.78 is 0. The van der Waals surface area contributed by atoms with Gasteiger partial charge in [0.15, 0.2) is 5.82 Å². The maximum Gasteiger partial charge on any atom is 0.152 e. The van der Waals surface area contributed by atoms with Crippen molar-refractivity contribution >= 4 is 27.4 Å². The Morgan fingerprint density at radius 1 is 1.40 bits per heavy atom. The number of aliphatic hydroxyl groups is 1. The van der Waals surface area contributed by atoms with Crippen molar-refractivity contribution in [2.75, 3.05) is 19.0 Å². The zero-order chi connectivity index (χ0) is 14.9. The molecule has 0 saturated heterocycles. The lowest BCUT2D eigenvalue weighted by molar-refractivity contribution is 0.137. The molecule has 2 rings (SSSR count). The Labute approximate surface area is 122 Å². The zero-order valence-corrected chi connectivity index (χ0v) is 13.1. The van der Waals surface area contributed by atoms with Crippen molar-refractivity contribution in [1.82, 2.24) is 14.9 Å². The van der Waals surface area contributed by atoms with E-state index in [-0.39, 0.29) is 6.10 Å². The maximum absolute atomic E-state index is 9.40. The summed E-state index contributed by atoms with van der Waals surface area (Å²) in [6.07, 6.45) is -0.373. The molecule has 2 aromatic rings. The van der Waals surface area contributed by atoms with E-state index in [0.29, 0.717) is 24.7 Å². The number of likely N-dealkylation sites (N-methyl/N-ethyl adjacent to an activating group) is 1. The number of anilines is 1. The van der Waals surface area contributed by atoms with Gasteiger partial charge in [0, 0.05) is 11.4 Å². The third-order valence-corrected chi connectivity index (χ3v) is 4.30. The Balaban J connectivity index is 2.36. The minimum absolute atomic E-state index is 0.373. The van der Waals surface area contributed by atoms with Gasteiger partial charge in [-0.15, -0.1) is 11.3 Å². The molecule has 2 aromatic heterocycles. The fraction of sp³-hybridized carbons (Fsp3) is 0.538. The predicted molar refractivity (Wildman–Crippen MR) is 82.7 cm³/mol. The summed E-state index contributed by atoms with van der Waals surface area (Å²) in [6, 6.07) is 0. The van der Waals surface area contributed by atoms with Crippen LogP contribution in [0.3, 0.4) is 0 Å². The van der Waals surface area contributed by atoms with Crippen LogP contribution in [0.5, 0.6) is 0 Å². The largest absolute Gasteiger partial charge is 0.392 e. The van der Waals surface area contributed by atoms with Gasteiger partial charge in [-0.2, -0.15) is 0 Å². The summed E-state index contributed by atoms with van der Waals surface area (Å²) in [4.78, 5) is 13.2. The first kappa shape index (κ1) is 15.1. The van der Waals surface area contributed by atoms with Gasteiger partial charge < -0.3 is 10.5 Å².